The second-order valence-electron chi connectivity index (χ2n) is 6.39. The minimum absolute atomic E-state index is 0.152. The van der Waals surface area contributed by atoms with Gasteiger partial charge in [-0.25, -0.2) is 0 Å². The van der Waals surface area contributed by atoms with Crippen molar-refractivity contribution in [3.63, 3.8) is 0 Å². The van der Waals surface area contributed by atoms with Crippen LogP contribution < -0.4 is 5.32 Å². The maximum absolute atomic E-state index is 11.4. The lowest BCUT2D eigenvalue weighted by Crippen LogP contribution is -2.33. The molecule has 90 valence electrons. The van der Waals surface area contributed by atoms with Crippen LogP contribution in [0.3, 0.4) is 0 Å². The summed E-state index contributed by atoms with van der Waals surface area (Å²) < 4.78 is 0. The first kappa shape index (κ1) is 14.8. The van der Waals surface area contributed by atoms with Crippen LogP contribution in [-0.4, -0.2) is 24.0 Å². The van der Waals surface area contributed by atoms with Crippen LogP contribution in [0.25, 0.3) is 0 Å². The molecule has 0 saturated carbocycles. The molecule has 0 bridgehead atoms. The highest BCUT2D eigenvalue weighted by molar-refractivity contribution is 7.99. The molecule has 0 radical (unpaired) electrons. The summed E-state index contributed by atoms with van der Waals surface area (Å²) in [5.41, 5.74) is 0.472. The Bertz CT molecular complexity index is 201. The molecule has 0 heterocycles. The Morgan fingerprint density at radius 2 is 1.60 bits per heavy atom. The lowest BCUT2D eigenvalue weighted by Gasteiger charge is -2.20. The van der Waals surface area contributed by atoms with Crippen molar-refractivity contribution < 1.29 is 4.79 Å². The van der Waals surface area contributed by atoms with Gasteiger partial charge in [0, 0.05) is 6.54 Å². The number of rotatable bonds is 4. The maximum Gasteiger partial charge on any atom is 0.230 e. The fraction of sp³-hybridized carbons (Fsp3) is 0.917. The number of carbonyl (C=O) groups excluding carboxylic acids is 1. The van der Waals surface area contributed by atoms with Crippen LogP contribution in [0.4, 0.5) is 0 Å². The van der Waals surface area contributed by atoms with E-state index in [1.54, 1.807) is 11.8 Å². The average molecular weight is 231 g/mol. The Morgan fingerprint density at radius 1 is 1.07 bits per heavy atom. The van der Waals surface area contributed by atoms with Gasteiger partial charge in [-0.1, -0.05) is 41.5 Å². The molecular formula is C12H25NOS. The van der Waals surface area contributed by atoms with Gasteiger partial charge in [-0.15, -0.1) is 0 Å². The van der Waals surface area contributed by atoms with E-state index in [2.05, 4.69) is 46.9 Å². The highest BCUT2D eigenvalue weighted by Crippen LogP contribution is 2.20. The fourth-order valence-electron chi connectivity index (χ4n) is 0.865. The summed E-state index contributed by atoms with van der Waals surface area (Å²) in [5.74, 6) is 1.75. The van der Waals surface area contributed by atoms with Gasteiger partial charge in [0.05, 0.1) is 5.75 Å². The second kappa shape index (κ2) is 5.78. The number of nitrogens with one attached hydrogen (secondary N) is 1. The van der Waals surface area contributed by atoms with Gasteiger partial charge in [-0.05, 0) is 16.6 Å². The third-order valence-corrected chi connectivity index (χ3v) is 3.12. The fourth-order valence-corrected chi connectivity index (χ4v) is 1.87. The molecule has 0 aliphatic carbocycles. The SMILES string of the molecule is CC(C)(C)CNC(=O)CSCC(C)(C)C. The van der Waals surface area contributed by atoms with Crippen molar-refractivity contribution in [1.29, 1.82) is 0 Å². The molecule has 15 heavy (non-hydrogen) atoms. The molecule has 0 aliphatic heterocycles. The lowest BCUT2D eigenvalue weighted by atomic mass is 9.97. The lowest BCUT2D eigenvalue weighted by molar-refractivity contribution is -0.118. The molecule has 0 rings (SSSR count). The Labute approximate surface area is 98.6 Å². The van der Waals surface area contributed by atoms with Crippen molar-refractivity contribution in [3.8, 4) is 0 Å². The van der Waals surface area contributed by atoms with Crippen molar-refractivity contribution >= 4 is 17.7 Å². The Kier molecular flexibility index (Phi) is 5.71. The molecule has 1 N–H and O–H groups in total. The molecule has 1 amide bonds. The quantitative estimate of drug-likeness (QED) is 0.806. The topological polar surface area (TPSA) is 29.1 Å². The molecule has 2 nitrogen and oxygen atoms in total. The summed E-state index contributed by atoms with van der Waals surface area (Å²) in [5, 5.41) is 2.95. The van der Waals surface area contributed by atoms with E-state index in [0.717, 1.165) is 12.3 Å². The van der Waals surface area contributed by atoms with E-state index in [4.69, 9.17) is 0 Å². The average Bonchev–Trinajstić information content (AvgIpc) is 1.97. The molecule has 3 heteroatoms. The molecule has 0 aromatic carbocycles. The van der Waals surface area contributed by atoms with Crippen LogP contribution in [0.1, 0.15) is 41.5 Å². The molecule has 0 spiro atoms. The maximum atomic E-state index is 11.4. The number of hydrogen-bond acceptors (Lipinski definition) is 2. The molecular weight excluding hydrogens is 206 g/mol. The molecule has 0 unspecified atom stereocenters. The first-order valence-corrected chi connectivity index (χ1v) is 6.60. The summed E-state index contributed by atoms with van der Waals surface area (Å²) in [6, 6.07) is 0. The first-order chi connectivity index (χ1) is 6.60. The van der Waals surface area contributed by atoms with Crippen LogP contribution in [0.2, 0.25) is 0 Å². The highest BCUT2D eigenvalue weighted by Gasteiger charge is 2.13. The Hall–Kier alpha value is -0.180. The van der Waals surface area contributed by atoms with E-state index in [1.807, 2.05) is 0 Å². The van der Waals surface area contributed by atoms with Crippen LogP contribution in [0.15, 0.2) is 0 Å². The number of amides is 1. The molecule has 0 saturated heterocycles. The van der Waals surface area contributed by atoms with Gasteiger partial charge in [-0.2, -0.15) is 11.8 Å². The van der Waals surface area contributed by atoms with Crippen LogP contribution in [0.5, 0.6) is 0 Å². The van der Waals surface area contributed by atoms with Crippen LogP contribution in [-0.2, 0) is 4.79 Å². The number of hydrogen-bond donors (Lipinski definition) is 1. The van der Waals surface area contributed by atoms with Gasteiger partial charge in [0.1, 0.15) is 0 Å². The zero-order valence-corrected chi connectivity index (χ0v) is 11.8. The van der Waals surface area contributed by atoms with E-state index in [0.29, 0.717) is 11.2 Å². The van der Waals surface area contributed by atoms with Gasteiger partial charge in [-0.3, -0.25) is 4.79 Å². The molecule has 0 aliphatic rings. The monoisotopic (exact) mass is 231 g/mol. The van der Waals surface area contributed by atoms with Crippen molar-refractivity contribution in [3.05, 3.63) is 0 Å². The van der Waals surface area contributed by atoms with Gasteiger partial charge < -0.3 is 5.32 Å². The minimum Gasteiger partial charge on any atom is -0.355 e. The Balaban J connectivity index is 3.60. The van der Waals surface area contributed by atoms with E-state index < -0.39 is 0 Å². The van der Waals surface area contributed by atoms with Gasteiger partial charge in [0.25, 0.3) is 0 Å². The standard InChI is InChI=1S/C12H25NOS/c1-11(2,3)8-13-10(14)7-15-9-12(4,5)6/h7-9H2,1-6H3,(H,13,14). The van der Waals surface area contributed by atoms with Gasteiger partial charge >= 0.3 is 0 Å². The highest BCUT2D eigenvalue weighted by atomic mass is 32.2. The smallest absolute Gasteiger partial charge is 0.230 e. The Morgan fingerprint density at radius 3 is 2.00 bits per heavy atom. The van der Waals surface area contributed by atoms with Crippen molar-refractivity contribution in [1.82, 2.24) is 5.32 Å². The summed E-state index contributed by atoms with van der Waals surface area (Å²) >= 11 is 1.71. The normalized spacial score (nSPS) is 12.7. The van der Waals surface area contributed by atoms with E-state index in [-0.39, 0.29) is 11.3 Å². The number of carbonyl (C=O) groups is 1. The minimum atomic E-state index is 0.152. The van der Waals surface area contributed by atoms with Gasteiger partial charge in [0.2, 0.25) is 5.91 Å². The predicted octanol–water partition coefficient (Wildman–Crippen LogP) is 2.93. The molecule has 0 atom stereocenters. The van der Waals surface area contributed by atoms with E-state index >= 15 is 0 Å². The molecule has 0 aromatic heterocycles. The predicted molar refractivity (Wildman–Crippen MR) is 69.2 cm³/mol. The summed E-state index contributed by atoms with van der Waals surface area (Å²) in [4.78, 5) is 11.4. The van der Waals surface area contributed by atoms with Crippen molar-refractivity contribution in [2.75, 3.05) is 18.1 Å². The van der Waals surface area contributed by atoms with Crippen molar-refractivity contribution in [2.45, 2.75) is 41.5 Å². The molecule has 0 fully saturated rings. The zero-order valence-electron chi connectivity index (χ0n) is 10.9. The van der Waals surface area contributed by atoms with E-state index in [9.17, 15) is 4.79 Å². The van der Waals surface area contributed by atoms with Crippen LogP contribution >= 0.6 is 11.8 Å². The number of thioether (sulfide) groups is 1. The van der Waals surface area contributed by atoms with Crippen LogP contribution in [0, 0.1) is 10.8 Å². The van der Waals surface area contributed by atoms with Gasteiger partial charge in [0.15, 0.2) is 0 Å². The summed E-state index contributed by atoms with van der Waals surface area (Å²) in [7, 11) is 0. The second-order valence-corrected chi connectivity index (χ2v) is 7.38. The van der Waals surface area contributed by atoms with E-state index in [1.165, 1.54) is 0 Å². The summed E-state index contributed by atoms with van der Waals surface area (Å²) in [6.07, 6.45) is 0. The molecule has 0 aromatic rings. The summed E-state index contributed by atoms with van der Waals surface area (Å²) in [6.45, 7) is 13.7. The zero-order chi connectivity index (χ0) is 12.1. The van der Waals surface area contributed by atoms with Crippen molar-refractivity contribution in [2.24, 2.45) is 10.8 Å². The largest absolute Gasteiger partial charge is 0.355 e. The third kappa shape index (κ3) is 11.7. The first-order valence-electron chi connectivity index (χ1n) is 5.45. The third-order valence-electron chi connectivity index (χ3n) is 1.58.